The Morgan fingerprint density at radius 1 is 1.15 bits per heavy atom. The zero-order chi connectivity index (χ0) is 24.7. The Balaban J connectivity index is 0.000000191. The van der Waals surface area contributed by atoms with Gasteiger partial charge in [0, 0.05) is 45.0 Å². The Bertz CT molecular complexity index is 985. The predicted octanol–water partition coefficient (Wildman–Crippen LogP) is 3.09. The zero-order valence-electron chi connectivity index (χ0n) is 20.1. The molecule has 0 aliphatic carbocycles. The van der Waals surface area contributed by atoms with Gasteiger partial charge in [0.15, 0.2) is 0 Å². The summed E-state index contributed by atoms with van der Waals surface area (Å²) >= 11 is 5.82. The third kappa shape index (κ3) is 7.38. The number of rotatable bonds is 3. The molecule has 0 radical (unpaired) electrons. The minimum absolute atomic E-state index is 0.193. The first-order valence-corrected chi connectivity index (χ1v) is 11.6. The van der Waals surface area contributed by atoms with E-state index in [1.54, 1.807) is 36.3 Å². The summed E-state index contributed by atoms with van der Waals surface area (Å²) in [6.45, 7) is 10.7. The molecule has 2 amide bonds. The molecule has 0 bridgehead atoms. The van der Waals surface area contributed by atoms with E-state index in [9.17, 15) is 9.59 Å². The monoisotopic (exact) mass is 489 g/mol. The second-order valence-electron chi connectivity index (χ2n) is 9.05. The Kier molecular flexibility index (Phi) is 8.82. The molecule has 1 N–H and O–H groups in total. The van der Waals surface area contributed by atoms with E-state index < -0.39 is 5.60 Å². The number of nitrogens with zero attached hydrogens (tertiary/aromatic N) is 4. The molecule has 2 aliphatic heterocycles. The number of carbonyl (C=O) groups is 2. The van der Waals surface area contributed by atoms with Crippen molar-refractivity contribution in [1.82, 2.24) is 25.1 Å². The average Bonchev–Trinajstić information content (AvgIpc) is 2.77. The van der Waals surface area contributed by atoms with Crippen molar-refractivity contribution in [2.45, 2.75) is 32.4 Å². The molecule has 4 heterocycles. The number of aromatic nitrogens is 2. The maximum atomic E-state index is 11.8. The van der Waals surface area contributed by atoms with Crippen LogP contribution < -0.4 is 5.32 Å². The van der Waals surface area contributed by atoms with E-state index in [0.29, 0.717) is 22.6 Å². The van der Waals surface area contributed by atoms with Crippen molar-refractivity contribution in [3.05, 3.63) is 47.4 Å². The van der Waals surface area contributed by atoms with E-state index in [0.717, 1.165) is 45.0 Å². The van der Waals surface area contributed by atoms with Crippen LogP contribution in [-0.4, -0.2) is 89.9 Å². The van der Waals surface area contributed by atoms with Crippen molar-refractivity contribution in [3.63, 3.8) is 0 Å². The molecule has 9 nitrogen and oxygen atoms in total. The van der Waals surface area contributed by atoms with Gasteiger partial charge in [0.1, 0.15) is 16.4 Å². The van der Waals surface area contributed by atoms with Crippen LogP contribution in [0.3, 0.4) is 0 Å². The van der Waals surface area contributed by atoms with Crippen LogP contribution in [0.2, 0.25) is 5.15 Å². The van der Waals surface area contributed by atoms with Gasteiger partial charge >= 0.3 is 6.09 Å². The van der Waals surface area contributed by atoms with Crippen molar-refractivity contribution < 1.29 is 19.1 Å². The molecule has 2 saturated heterocycles. The number of piperazine rings is 1. The number of carbonyl (C=O) groups excluding carboxylic acids is 2. The molecule has 0 unspecified atom stereocenters. The van der Waals surface area contributed by atoms with Crippen molar-refractivity contribution in [1.29, 1.82) is 0 Å². The zero-order valence-corrected chi connectivity index (χ0v) is 20.8. The van der Waals surface area contributed by atoms with Gasteiger partial charge in [-0.1, -0.05) is 17.7 Å². The summed E-state index contributed by atoms with van der Waals surface area (Å²) in [6.07, 6.45) is 1.38. The first-order chi connectivity index (χ1) is 16.2. The van der Waals surface area contributed by atoms with Crippen molar-refractivity contribution >= 4 is 23.6 Å². The maximum absolute atomic E-state index is 11.8. The largest absolute Gasteiger partial charge is 0.444 e. The van der Waals surface area contributed by atoms with E-state index in [4.69, 9.17) is 21.1 Å². The molecule has 2 aromatic heterocycles. The molecular weight excluding hydrogens is 458 g/mol. The number of pyridine rings is 2. The number of hydrogen-bond acceptors (Lipinski definition) is 7. The summed E-state index contributed by atoms with van der Waals surface area (Å²) in [5.74, 6) is -0.228. The molecular formula is C24H32ClN5O4. The fourth-order valence-corrected chi connectivity index (χ4v) is 3.61. The van der Waals surface area contributed by atoms with Gasteiger partial charge in [-0.3, -0.25) is 14.7 Å². The summed E-state index contributed by atoms with van der Waals surface area (Å²) in [6, 6.07) is 9.37. The van der Waals surface area contributed by atoms with Crippen LogP contribution >= 0.6 is 11.6 Å². The van der Waals surface area contributed by atoms with Crippen molar-refractivity contribution in [3.8, 4) is 11.3 Å². The second kappa shape index (κ2) is 11.6. The number of amides is 2. The maximum Gasteiger partial charge on any atom is 0.410 e. The van der Waals surface area contributed by atoms with Gasteiger partial charge in [0.05, 0.1) is 24.9 Å². The number of ether oxygens (including phenoxy) is 2. The normalized spacial score (nSPS) is 16.7. The van der Waals surface area contributed by atoms with Gasteiger partial charge in [-0.15, -0.1) is 0 Å². The van der Waals surface area contributed by atoms with Gasteiger partial charge in [0.2, 0.25) is 0 Å². The van der Waals surface area contributed by atoms with E-state index >= 15 is 0 Å². The highest BCUT2D eigenvalue weighted by atomic mass is 35.5. The topological polar surface area (TPSA) is 96.9 Å². The van der Waals surface area contributed by atoms with Gasteiger partial charge in [-0.25, -0.2) is 9.78 Å². The molecule has 2 aliphatic rings. The van der Waals surface area contributed by atoms with E-state index in [1.165, 1.54) is 0 Å². The molecule has 34 heavy (non-hydrogen) atoms. The minimum Gasteiger partial charge on any atom is -0.444 e. The molecule has 0 saturated carbocycles. The van der Waals surface area contributed by atoms with Crippen molar-refractivity contribution in [2.75, 3.05) is 46.4 Å². The summed E-state index contributed by atoms with van der Waals surface area (Å²) in [5.41, 5.74) is 1.47. The first kappa shape index (κ1) is 25.9. The van der Waals surface area contributed by atoms with E-state index in [1.807, 2.05) is 32.9 Å². The second-order valence-corrected chi connectivity index (χ2v) is 9.44. The Hall–Kier alpha value is -2.75. The van der Waals surface area contributed by atoms with E-state index in [-0.39, 0.29) is 12.0 Å². The van der Waals surface area contributed by atoms with Gasteiger partial charge in [-0.2, -0.15) is 0 Å². The SMILES string of the molecule is CC(C)(C)OC(=O)N1CCN(C2COC2)CC1.CNC(=O)c1cc(-c2cccc(Cl)n2)ccn1. The standard InChI is InChI=1S/C12H10ClN3O.C12H22N2O3/c1-14-12(17)10-7-8(5-6-15-10)9-3-2-4-11(13)16-9;1-12(2,3)17-11(15)14-6-4-13(5-7-14)10-8-16-9-10/h2-7H,1H3,(H,14,17);10H,4-9H2,1-3H3. The molecule has 2 fully saturated rings. The fraction of sp³-hybridized carbons (Fsp3) is 0.500. The number of hydrogen-bond donors (Lipinski definition) is 1. The molecule has 184 valence electrons. The lowest BCUT2D eigenvalue weighted by Crippen LogP contribution is -2.57. The first-order valence-electron chi connectivity index (χ1n) is 11.3. The van der Waals surface area contributed by atoms with Crippen LogP contribution in [0.5, 0.6) is 0 Å². The third-order valence-electron chi connectivity index (χ3n) is 5.33. The number of halogens is 1. The summed E-state index contributed by atoms with van der Waals surface area (Å²) in [5, 5.41) is 2.94. The van der Waals surface area contributed by atoms with Gasteiger partial charge in [-0.05, 0) is 45.0 Å². The highest BCUT2D eigenvalue weighted by molar-refractivity contribution is 6.29. The summed E-state index contributed by atoms with van der Waals surface area (Å²) in [4.78, 5) is 35.6. The molecule has 4 rings (SSSR count). The molecule has 0 atom stereocenters. The lowest BCUT2D eigenvalue weighted by Gasteiger charge is -2.42. The van der Waals surface area contributed by atoms with Crippen LogP contribution in [0.4, 0.5) is 4.79 Å². The van der Waals surface area contributed by atoms with Gasteiger partial charge in [0.25, 0.3) is 5.91 Å². The minimum atomic E-state index is -0.407. The summed E-state index contributed by atoms with van der Waals surface area (Å²) in [7, 11) is 1.56. The van der Waals surface area contributed by atoms with Crippen LogP contribution in [0.1, 0.15) is 31.3 Å². The van der Waals surface area contributed by atoms with E-state index in [2.05, 4.69) is 20.2 Å². The smallest absolute Gasteiger partial charge is 0.410 e. The quantitative estimate of drug-likeness (QED) is 0.661. The van der Waals surface area contributed by atoms with Crippen LogP contribution in [-0.2, 0) is 9.47 Å². The van der Waals surface area contributed by atoms with Crippen LogP contribution in [0.15, 0.2) is 36.5 Å². The molecule has 10 heteroatoms. The van der Waals surface area contributed by atoms with Crippen LogP contribution in [0.25, 0.3) is 11.3 Å². The molecule has 0 aromatic carbocycles. The van der Waals surface area contributed by atoms with Crippen LogP contribution in [0, 0.1) is 0 Å². The summed E-state index contributed by atoms with van der Waals surface area (Å²) < 4.78 is 10.5. The third-order valence-corrected chi connectivity index (χ3v) is 5.54. The predicted molar refractivity (Wildman–Crippen MR) is 130 cm³/mol. The Labute approximate surface area is 205 Å². The van der Waals surface area contributed by atoms with Crippen molar-refractivity contribution in [2.24, 2.45) is 0 Å². The molecule has 2 aromatic rings. The average molecular weight is 490 g/mol. The lowest BCUT2D eigenvalue weighted by atomic mass is 10.1. The highest BCUT2D eigenvalue weighted by Crippen LogP contribution is 2.19. The molecule has 0 spiro atoms. The van der Waals surface area contributed by atoms with Gasteiger partial charge < -0.3 is 19.7 Å². The highest BCUT2D eigenvalue weighted by Gasteiger charge is 2.31. The number of nitrogens with one attached hydrogen (secondary N) is 1. The fourth-order valence-electron chi connectivity index (χ4n) is 3.44. The Morgan fingerprint density at radius 3 is 2.41 bits per heavy atom. The lowest BCUT2D eigenvalue weighted by molar-refractivity contribution is -0.0774. The Morgan fingerprint density at radius 2 is 1.85 bits per heavy atom.